The predicted octanol–water partition coefficient (Wildman–Crippen LogP) is 0.801. The lowest BCUT2D eigenvalue weighted by atomic mass is 10.2. The van der Waals surface area contributed by atoms with Gasteiger partial charge in [-0.05, 0) is 13.8 Å². The molecule has 3 unspecified atom stereocenters. The van der Waals surface area contributed by atoms with E-state index in [9.17, 15) is 17.6 Å². The monoisotopic (exact) mass is 259 g/mol. The summed E-state index contributed by atoms with van der Waals surface area (Å²) in [6, 6.07) is -0.621. The van der Waals surface area contributed by atoms with E-state index in [1.807, 2.05) is 0 Å². The lowest BCUT2D eigenvalue weighted by molar-refractivity contribution is -0.134. The van der Waals surface area contributed by atoms with Gasteiger partial charge in [0.1, 0.15) is 0 Å². The van der Waals surface area contributed by atoms with Gasteiger partial charge in [0, 0.05) is 19.3 Å². The van der Waals surface area contributed by atoms with Crippen molar-refractivity contribution in [1.29, 1.82) is 0 Å². The van der Waals surface area contributed by atoms with Gasteiger partial charge in [0.2, 0.25) is 0 Å². The molecule has 0 saturated carbocycles. The predicted molar refractivity (Wildman–Crippen MR) is 57.3 cm³/mol. The first kappa shape index (κ1) is 14.6. The van der Waals surface area contributed by atoms with E-state index in [2.05, 4.69) is 0 Å². The topological polar surface area (TPSA) is 54.5 Å². The minimum Gasteiger partial charge on any atom is -0.338 e. The van der Waals surface area contributed by atoms with E-state index >= 15 is 0 Å². The molecule has 0 aliphatic carbocycles. The summed E-state index contributed by atoms with van der Waals surface area (Å²) in [5, 5.41) is -0.762. The van der Waals surface area contributed by atoms with E-state index in [0.29, 0.717) is 0 Å². The van der Waals surface area contributed by atoms with Gasteiger partial charge in [-0.1, -0.05) is 11.6 Å². The Balaban J connectivity index is 4.73. The van der Waals surface area contributed by atoms with Crippen molar-refractivity contribution in [2.24, 2.45) is 0 Å². The first-order chi connectivity index (χ1) is 6.59. The summed E-state index contributed by atoms with van der Waals surface area (Å²) in [5.41, 5.74) is -2.13. The van der Waals surface area contributed by atoms with Crippen LogP contribution in [0.4, 0.5) is 4.39 Å². The highest BCUT2D eigenvalue weighted by Crippen LogP contribution is 2.13. The number of hydrogen-bond acceptors (Lipinski definition) is 3. The Morgan fingerprint density at radius 2 is 1.80 bits per heavy atom. The van der Waals surface area contributed by atoms with E-state index < -0.39 is 32.7 Å². The zero-order valence-electron chi connectivity index (χ0n) is 9.07. The highest BCUT2D eigenvalue weighted by Gasteiger charge is 2.30. The van der Waals surface area contributed by atoms with Crippen LogP contribution in [0.5, 0.6) is 0 Å². The zero-order valence-corrected chi connectivity index (χ0v) is 10.6. The van der Waals surface area contributed by atoms with Crippen molar-refractivity contribution < 1.29 is 17.6 Å². The lowest BCUT2D eigenvalue weighted by Gasteiger charge is -2.28. The number of amides is 1. The Bertz CT molecular complexity index is 331. The van der Waals surface area contributed by atoms with Gasteiger partial charge in [-0.3, -0.25) is 4.79 Å². The van der Waals surface area contributed by atoms with Crippen molar-refractivity contribution in [3.63, 3.8) is 0 Å². The van der Waals surface area contributed by atoms with E-state index in [-0.39, 0.29) is 0 Å². The van der Waals surface area contributed by atoms with Crippen molar-refractivity contribution >= 4 is 27.3 Å². The molecule has 0 bridgehead atoms. The zero-order chi connectivity index (χ0) is 12.4. The van der Waals surface area contributed by atoms with Crippen molar-refractivity contribution in [3.8, 4) is 0 Å². The average Bonchev–Trinajstić information content (AvgIpc) is 2.11. The minimum absolute atomic E-state index is 0.621. The largest absolute Gasteiger partial charge is 0.338 e. The van der Waals surface area contributed by atoms with Crippen LogP contribution >= 0.6 is 11.6 Å². The molecule has 0 aromatic heterocycles. The molecule has 4 nitrogen and oxygen atoms in total. The Morgan fingerprint density at radius 3 is 2.07 bits per heavy atom. The molecule has 90 valence electrons. The second kappa shape index (κ2) is 5.12. The summed E-state index contributed by atoms with van der Waals surface area (Å²) in [7, 11) is -1.94. The summed E-state index contributed by atoms with van der Waals surface area (Å²) in [6.07, 6.45) is 1.07. The molecular formula is C8H15ClFNO3S. The maximum Gasteiger partial charge on any atom is 0.272 e. The first-order valence-corrected chi connectivity index (χ1v) is 6.71. The van der Waals surface area contributed by atoms with E-state index in [4.69, 9.17) is 11.6 Å². The van der Waals surface area contributed by atoms with E-state index in [0.717, 1.165) is 11.2 Å². The molecule has 0 aliphatic heterocycles. The summed E-state index contributed by atoms with van der Waals surface area (Å²) < 4.78 is 34.9. The van der Waals surface area contributed by atoms with Gasteiger partial charge in [0.05, 0.1) is 5.25 Å². The normalized spacial score (nSPS) is 18.0. The highest BCUT2D eigenvalue weighted by molar-refractivity contribution is 7.91. The van der Waals surface area contributed by atoms with E-state index in [1.54, 1.807) is 0 Å². The minimum atomic E-state index is -3.27. The summed E-state index contributed by atoms with van der Waals surface area (Å²) in [4.78, 5) is 12.1. The van der Waals surface area contributed by atoms with Crippen LogP contribution < -0.4 is 0 Å². The summed E-state index contributed by atoms with van der Waals surface area (Å²) >= 11 is 4.98. The molecule has 15 heavy (non-hydrogen) atoms. The number of rotatable bonds is 4. The lowest BCUT2D eigenvalue weighted by Crippen LogP contribution is -2.46. The molecule has 0 aromatic carbocycles. The van der Waals surface area contributed by atoms with Gasteiger partial charge in [-0.2, -0.15) is 0 Å². The number of sulfone groups is 1. The van der Waals surface area contributed by atoms with Crippen LogP contribution in [0, 0.1) is 0 Å². The summed E-state index contributed by atoms with van der Waals surface area (Å²) in [5.74, 6) is -0.931. The SMILES string of the molecule is CC(C(C)S(C)(=O)=O)N(C)C(=O)C(F)Cl. The quantitative estimate of drug-likeness (QED) is 0.702. The molecular weight excluding hydrogens is 245 g/mol. The van der Waals surface area contributed by atoms with Crippen LogP contribution in [0.25, 0.3) is 0 Å². The third-order valence-electron chi connectivity index (χ3n) is 2.50. The van der Waals surface area contributed by atoms with Gasteiger partial charge < -0.3 is 4.90 Å². The maximum absolute atomic E-state index is 12.5. The fraction of sp³-hybridized carbons (Fsp3) is 0.875. The molecule has 0 fully saturated rings. The second-order valence-corrected chi connectivity index (χ2v) is 6.31. The van der Waals surface area contributed by atoms with Gasteiger partial charge >= 0.3 is 0 Å². The van der Waals surface area contributed by atoms with Crippen molar-refractivity contribution in [2.45, 2.75) is 30.8 Å². The Labute approximate surface area is 94.3 Å². The number of halogens is 2. The summed E-state index contributed by atoms with van der Waals surface area (Å²) in [6.45, 7) is 2.99. The molecule has 0 radical (unpaired) electrons. The van der Waals surface area contributed by atoms with Gasteiger partial charge in [-0.25, -0.2) is 12.8 Å². The van der Waals surface area contributed by atoms with Gasteiger partial charge in [0.15, 0.2) is 9.84 Å². The average molecular weight is 260 g/mol. The molecule has 3 atom stereocenters. The number of alkyl halides is 2. The molecule has 0 saturated heterocycles. The van der Waals surface area contributed by atoms with Gasteiger partial charge in [-0.15, -0.1) is 0 Å². The molecule has 0 heterocycles. The second-order valence-electron chi connectivity index (χ2n) is 3.53. The van der Waals surface area contributed by atoms with Crippen LogP contribution in [0.2, 0.25) is 0 Å². The number of nitrogens with zero attached hydrogens (tertiary/aromatic N) is 1. The third-order valence-corrected chi connectivity index (χ3v) is 4.43. The first-order valence-electron chi connectivity index (χ1n) is 4.32. The van der Waals surface area contributed by atoms with Crippen molar-refractivity contribution in [1.82, 2.24) is 4.90 Å². The number of carbonyl (C=O) groups is 1. The smallest absolute Gasteiger partial charge is 0.272 e. The van der Waals surface area contributed by atoms with Crippen LogP contribution in [0.15, 0.2) is 0 Å². The van der Waals surface area contributed by atoms with Crippen LogP contribution in [-0.4, -0.2) is 49.5 Å². The molecule has 0 aromatic rings. The molecule has 0 spiro atoms. The fourth-order valence-corrected chi connectivity index (χ4v) is 2.08. The Kier molecular flexibility index (Phi) is 4.99. The fourth-order valence-electron chi connectivity index (χ4n) is 1.03. The highest BCUT2D eigenvalue weighted by atomic mass is 35.5. The molecule has 0 aliphatic rings. The third kappa shape index (κ3) is 3.95. The number of carbonyl (C=O) groups excluding carboxylic acids is 1. The van der Waals surface area contributed by atoms with Crippen LogP contribution in [-0.2, 0) is 14.6 Å². The molecule has 1 amide bonds. The maximum atomic E-state index is 12.5. The van der Waals surface area contributed by atoms with Crippen LogP contribution in [0.3, 0.4) is 0 Å². The van der Waals surface area contributed by atoms with E-state index in [1.165, 1.54) is 20.9 Å². The van der Waals surface area contributed by atoms with Crippen molar-refractivity contribution in [3.05, 3.63) is 0 Å². The van der Waals surface area contributed by atoms with Gasteiger partial charge in [0.25, 0.3) is 11.5 Å². The Morgan fingerprint density at radius 1 is 1.40 bits per heavy atom. The van der Waals surface area contributed by atoms with Crippen molar-refractivity contribution in [2.75, 3.05) is 13.3 Å². The number of hydrogen-bond donors (Lipinski definition) is 0. The Hall–Kier alpha value is -0.360. The van der Waals surface area contributed by atoms with Crippen LogP contribution in [0.1, 0.15) is 13.8 Å². The molecule has 0 N–H and O–H groups in total. The molecule has 0 rings (SSSR count). The standard InChI is InChI=1S/C8H15ClFNO3S/c1-5(6(2)15(4,13)14)11(3)8(12)7(9)10/h5-7H,1-4H3. The molecule has 7 heteroatoms.